The second kappa shape index (κ2) is 7.34. The van der Waals surface area contributed by atoms with Crippen molar-refractivity contribution >= 4 is 22.4 Å². The number of nitrogens with zero attached hydrogens (tertiary/aromatic N) is 4. The molecular weight excluding hydrogens is 405 g/mol. The number of hydrogen-bond donors (Lipinski definition) is 1. The van der Waals surface area contributed by atoms with Gasteiger partial charge in [-0.3, -0.25) is 10.1 Å². The lowest BCUT2D eigenvalue weighted by atomic mass is 10.1. The third-order valence-corrected chi connectivity index (χ3v) is 5.51. The molecule has 5 rings (SSSR count). The Morgan fingerprint density at radius 3 is 2.87 bits per heavy atom. The highest BCUT2D eigenvalue weighted by Crippen LogP contribution is 2.32. The molecule has 1 aliphatic heterocycles. The molecule has 3 heterocycles. The Bertz CT molecular complexity index is 1250. The molecule has 0 fully saturated rings. The Morgan fingerprint density at radius 1 is 1.20 bits per heavy atom. The van der Waals surface area contributed by atoms with E-state index < -0.39 is 5.91 Å². The first-order chi connectivity index (χ1) is 14.6. The Balaban J connectivity index is 1.34. The summed E-state index contributed by atoms with van der Waals surface area (Å²) < 4.78 is 20.2. The molecule has 30 heavy (non-hydrogen) atoms. The first-order valence-corrected chi connectivity index (χ1v) is 10.2. The molecule has 0 bridgehead atoms. The topological polar surface area (TPSA) is 81.9 Å². The fourth-order valence-corrected chi connectivity index (χ4v) is 3.99. The zero-order valence-electron chi connectivity index (χ0n) is 15.9. The number of thiazole rings is 1. The van der Waals surface area contributed by atoms with Crippen LogP contribution in [0.25, 0.3) is 16.9 Å². The van der Waals surface area contributed by atoms with Gasteiger partial charge in [-0.05, 0) is 55.0 Å². The van der Waals surface area contributed by atoms with E-state index in [1.54, 1.807) is 19.1 Å². The van der Waals surface area contributed by atoms with E-state index in [1.165, 1.54) is 28.2 Å². The maximum absolute atomic E-state index is 13.1. The molecule has 0 saturated heterocycles. The lowest BCUT2D eigenvalue weighted by Gasteiger charge is -2.02. The molecule has 0 saturated carbocycles. The quantitative estimate of drug-likeness (QED) is 0.538. The van der Waals surface area contributed by atoms with E-state index in [1.807, 2.05) is 17.5 Å². The highest BCUT2D eigenvalue weighted by molar-refractivity contribution is 7.14. The third kappa shape index (κ3) is 3.43. The number of fused-ring (bicyclic) bond motifs is 1. The number of carbonyl (C=O) groups is 1. The molecule has 2 aromatic carbocycles. The highest BCUT2D eigenvalue weighted by Gasteiger charge is 2.18. The number of carbonyl (C=O) groups excluding carboxylic acids is 1. The van der Waals surface area contributed by atoms with Crippen molar-refractivity contribution in [1.29, 1.82) is 0 Å². The standard InChI is InChI=1S/C21H16FN5O2S/c1-12-23-19(26-27(12)16-5-3-15(22)4-6-16)20(28)25-21-24-17(11-30-21)13-2-7-18-14(10-13)8-9-29-18/h2-7,10-11H,8-9H2,1H3,(H,24,25,28). The first kappa shape index (κ1) is 18.4. The molecule has 2 aromatic heterocycles. The predicted octanol–water partition coefficient (Wildman–Crippen LogP) is 4.03. The Labute approximate surface area is 175 Å². The zero-order chi connectivity index (χ0) is 20.7. The zero-order valence-corrected chi connectivity index (χ0v) is 16.7. The molecule has 1 amide bonds. The fourth-order valence-electron chi connectivity index (χ4n) is 3.28. The molecule has 0 unspecified atom stereocenters. The van der Waals surface area contributed by atoms with E-state index >= 15 is 0 Å². The van der Waals surface area contributed by atoms with Crippen LogP contribution in [0.15, 0.2) is 47.8 Å². The Morgan fingerprint density at radius 2 is 2.03 bits per heavy atom. The summed E-state index contributed by atoms with van der Waals surface area (Å²) in [5.41, 5.74) is 3.55. The number of aryl methyl sites for hydroxylation is 1. The van der Waals surface area contributed by atoms with Gasteiger partial charge in [0.2, 0.25) is 5.82 Å². The normalized spacial score (nSPS) is 12.5. The van der Waals surface area contributed by atoms with E-state index in [2.05, 4.69) is 26.4 Å². The number of benzene rings is 2. The second-order valence-electron chi connectivity index (χ2n) is 6.78. The average Bonchev–Trinajstić information content (AvgIpc) is 3.47. The van der Waals surface area contributed by atoms with E-state index in [4.69, 9.17) is 4.74 Å². The summed E-state index contributed by atoms with van der Waals surface area (Å²) in [7, 11) is 0. The van der Waals surface area contributed by atoms with Crippen molar-refractivity contribution in [1.82, 2.24) is 19.7 Å². The van der Waals surface area contributed by atoms with Crippen molar-refractivity contribution in [2.24, 2.45) is 0 Å². The lowest BCUT2D eigenvalue weighted by Crippen LogP contribution is -2.14. The summed E-state index contributed by atoms with van der Waals surface area (Å²) in [6.45, 7) is 2.43. The van der Waals surface area contributed by atoms with Crippen molar-refractivity contribution in [3.63, 3.8) is 0 Å². The predicted molar refractivity (Wildman–Crippen MR) is 111 cm³/mol. The van der Waals surface area contributed by atoms with Crippen LogP contribution in [0, 0.1) is 12.7 Å². The first-order valence-electron chi connectivity index (χ1n) is 9.29. The number of anilines is 1. The summed E-state index contributed by atoms with van der Waals surface area (Å²) in [5, 5.41) is 9.34. The summed E-state index contributed by atoms with van der Waals surface area (Å²) in [6, 6.07) is 11.8. The Hall–Kier alpha value is -3.59. The molecule has 0 aliphatic carbocycles. The minimum Gasteiger partial charge on any atom is -0.493 e. The van der Waals surface area contributed by atoms with E-state index in [0.29, 0.717) is 23.3 Å². The van der Waals surface area contributed by atoms with Gasteiger partial charge in [0.05, 0.1) is 18.0 Å². The molecule has 1 N–H and O–H groups in total. The van der Waals surface area contributed by atoms with Gasteiger partial charge in [0.15, 0.2) is 5.13 Å². The van der Waals surface area contributed by atoms with Gasteiger partial charge in [0.25, 0.3) is 5.91 Å². The van der Waals surface area contributed by atoms with Crippen LogP contribution in [-0.2, 0) is 6.42 Å². The number of ether oxygens (including phenoxy) is 1. The number of rotatable bonds is 4. The van der Waals surface area contributed by atoms with Crippen molar-refractivity contribution in [2.75, 3.05) is 11.9 Å². The minimum absolute atomic E-state index is 0.0169. The number of hydrogen-bond acceptors (Lipinski definition) is 6. The van der Waals surface area contributed by atoms with E-state index in [-0.39, 0.29) is 11.6 Å². The third-order valence-electron chi connectivity index (χ3n) is 4.75. The summed E-state index contributed by atoms with van der Waals surface area (Å²) in [4.78, 5) is 21.3. The SMILES string of the molecule is Cc1nc(C(=O)Nc2nc(-c3ccc4c(c3)CCO4)cs2)nn1-c1ccc(F)cc1. The molecule has 0 radical (unpaired) electrons. The molecule has 0 spiro atoms. The second-order valence-corrected chi connectivity index (χ2v) is 7.64. The van der Waals surface area contributed by atoms with Crippen LogP contribution in [-0.4, -0.2) is 32.3 Å². The van der Waals surface area contributed by atoms with Crippen LogP contribution in [0.1, 0.15) is 22.0 Å². The van der Waals surface area contributed by atoms with Crippen LogP contribution in [0.4, 0.5) is 9.52 Å². The van der Waals surface area contributed by atoms with Gasteiger partial charge >= 0.3 is 0 Å². The maximum atomic E-state index is 13.1. The number of aromatic nitrogens is 4. The molecule has 150 valence electrons. The molecule has 9 heteroatoms. The van der Waals surface area contributed by atoms with Crippen LogP contribution >= 0.6 is 11.3 Å². The van der Waals surface area contributed by atoms with Crippen molar-refractivity contribution < 1.29 is 13.9 Å². The van der Waals surface area contributed by atoms with Crippen LogP contribution in [0.3, 0.4) is 0 Å². The van der Waals surface area contributed by atoms with E-state index in [9.17, 15) is 9.18 Å². The van der Waals surface area contributed by atoms with Crippen molar-refractivity contribution in [3.8, 4) is 22.7 Å². The largest absolute Gasteiger partial charge is 0.493 e. The molecule has 4 aromatic rings. The monoisotopic (exact) mass is 421 g/mol. The van der Waals surface area contributed by atoms with Gasteiger partial charge in [0.1, 0.15) is 17.4 Å². The highest BCUT2D eigenvalue weighted by atomic mass is 32.1. The summed E-state index contributed by atoms with van der Waals surface area (Å²) >= 11 is 1.33. The van der Waals surface area contributed by atoms with Crippen LogP contribution in [0.5, 0.6) is 5.75 Å². The van der Waals surface area contributed by atoms with Gasteiger partial charge in [-0.15, -0.1) is 16.4 Å². The van der Waals surface area contributed by atoms with E-state index in [0.717, 1.165) is 29.0 Å². The number of amides is 1. The number of nitrogens with one attached hydrogen (secondary N) is 1. The number of halogens is 1. The molecule has 0 atom stereocenters. The van der Waals surface area contributed by atoms with Gasteiger partial charge in [-0.25, -0.2) is 19.0 Å². The average molecular weight is 421 g/mol. The molecule has 7 nitrogen and oxygen atoms in total. The maximum Gasteiger partial charge on any atom is 0.297 e. The van der Waals surface area contributed by atoms with Gasteiger partial charge < -0.3 is 4.74 Å². The molecule has 1 aliphatic rings. The van der Waals surface area contributed by atoms with Gasteiger partial charge in [-0.1, -0.05) is 0 Å². The van der Waals surface area contributed by atoms with Gasteiger partial charge in [-0.2, -0.15) is 0 Å². The lowest BCUT2D eigenvalue weighted by molar-refractivity contribution is 0.101. The van der Waals surface area contributed by atoms with Crippen molar-refractivity contribution in [2.45, 2.75) is 13.3 Å². The van der Waals surface area contributed by atoms with Crippen molar-refractivity contribution in [3.05, 3.63) is 70.9 Å². The summed E-state index contributed by atoms with van der Waals surface area (Å²) in [5.74, 6) is 0.656. The van der Waals surface area contributed by atoms with Crippen LogP contribution in [0.2, 0.25) is 0 Å². The van der Waals surface area contributed by atoms with Gasteiger partial charge in [0, 0.05) is 17.4 Å². The minimum atomic E-state index is -0.456. The smallest absolute Gasteiger partial charge is 0.297 e. The fraction of sp³-hybridized carbons (Fsp3) is 0.143. The Kier molecular flexibility index (Phi) is 4.51. The van der Waals surface area contributed by atoms with Crippen LogP contribution < -0.4 is 10.1 Å². The summed E-state index contributed by atoms with van der Waals surface area (Å²) in [6.07, 6.45) is 0.888. The molecular formula is C21H16FN5O2S.